The Balaban J connectivity index is 0.000000110. The Morgan fingerprint density at radius 3 is 1.12 bits per heavy atom. The van der Waals surface area contributed by atoms with Crippen LogP contribution in [0.2, 0.25) is 0 Å². The molecule has 6 heteroatoms. The van der Waals surface area contributed by atoms with Crippen molar-refractivity contribution in [2.45, 2.75) is 49.7 Å². The Hall–Kier alpha value is -8.46. The van der Waals surface area contributed by atoms with Crippen molar-refractivity contribution in [3.8, 4) is 55.6 Å². The van der Waals surface area contributed by atoms with E-state index in [-0.39, 0.29) is 29.2 Å². The van der Waals surface area contributed by atoms with Crippen LogP contribution in [0.3, 0.4) is 0 Å². The summed E-state index contributed by atoms with van der Waals surface area (Å²) in [6.45, 7) is 8.43. The summed E-state index contributed by atoms with van der Waals surface area (Å²) in [5, 5.41) is 5.40. The summed E-state index contributed by atoms with van der Waals surface area (Å²) in [6.07, 6.45) is 0. The molecule has 19 rings (SSSR count). The van der Waals surface area contributed by atoms with Crippen LogP contribution in [0.25, 0.3) is 96.0 Å². The molecule has 0 N–H and O–H groups in total. The first-order valence-electron chi connectivity index (χ1n) is 29.8. The largest absolute Gasteiger partial charge is 0.494 e. The summed E-state index contributed by atoms with van der Waals surface area (Å²) in [4.78, 5) is 0. The van der Waals surface area contributed by atoms with Gasteiger partial charge < -0.3 is 9.31 Å². The average Bonchev–Trinajstić information content (AvgIpc) is 1.53. The van der Waals surface area contributed by atoms with E-state index in [1.54, 1.807) is 0 Å². The zero-order valence-corrected chi connectivity index (χ0v) is 51.2. The van der Waals surface area contributed by atoms with Gasteiger partial charge in [-0.25, -0.2) is 0 Å². The lowest BCUT2D eigenvalue weighted by atomic mass is 9.69. The minimum absolute atomic E-state index is 0.279. The van der Waals surface area contributed by atoms with Crippen LogP contribution in [-0.2, 0) is 20.1 Å². The molecule has 1 saturated heterocycles. The zero-order valence-electron chi connectivity index (χ0n) is 48.0. The molecular formula is C80H56BBrO2S2. The van der Waals surface area contributed by atoms with Gasteiger partial charge in [-0.05, 0) is 170 Å². The number of hydrogen-bond acceptors (Lipinski definition) is 4. The summed E-state index contributed by atoms with van der Waals surface area (Å²) in [5.74, 6) is 0. The molecule has 12 aromatic carbocycles. The first-order chi connectivity index (χ1) is 42.1. The van der Waals surface area contributed by atoms with Crippen molar-refractivity contribution >= 4 is 91.5 Å². The number of fused-ring (bicyclic) bond motifs is 26. The van der Waals surface area contributed by atoms with Crippen LogP contribution in [0.4, 0.5) is 0 Å². The highest BCUT2D eigenvalue weighted by Gasteiger charge is 2.55. The molecule has 410 valence electrons. The van der Waals surface area contributed by atoms with Crippen LogP contribution in [0.5, 0.6) is 0 Å². The molecule has 4 aliphatic carbocycles. The lowest BCUT2D eigenvalue weighted by molar-refractivity contribution is 0.00578. The normalized spacial score (nSPS) is 15.8. The molecule has 0 radical (unpaired) electrons. The summed E-state index contributed by atoms with van der Waals surface area (Å²) < 4.78 is 19.4. The highest BCUT2D eigenvalue weighted by Crippen LogP contribution is 2.65. The van der Waals surface area contributed by atoms with Crippen LogP contribution in [0.15, 0.2) is 271 Å². The lowest BCUT2D eigenvalue weighted by Gasteiger charge is -2.32. The molecule has 5 aliphatic rings. The van der Waals surface area contributed by atoms with Gasteiger partial charge in [-0.15, -0.1) is 22.7 Å². The average molecular weight is 1200 g/mol. The monoisotopic (exact) mass is 1200 g/mol. The molecule has 1 aliphatic heterocycles. The number of benzene rings is 12. The van der Waals surface area contributed by atoms with Crippen molar-refractivity contribution in [1.82, 2.24) is 0 Å². The summed E-state index contributed by atoms with van der Waals surface area (Å²) >= 11 is 7.33. The highest BCUT2D eigenvalue weighted by molar-refractivity contribution is 9.10. The fourth-order valence-corrected chi connectivity index (χ4v) is 18.2. The Morgan fingerprint density at radius 1 is 0.302 bits per heavy atom. The maximum Gasteiger partial charge on any atom is 0.494 e. The number of halogens is 1. The van der Waals surface area contributed by atoms with Crippen LogP contribution in [0, 0.1) is 0 Å². The van der Waals surface area contributed by atoms with E-state index < -0.39 is 0 Å². The molecule has 14 aromatic rings. The topological polar surface area (TPSA) is 18.5 Å². The Bertz CT molecular complexity index is 5030. The first kappa shape index (κ1) is 51.9. The van der Waals surface area contributed by atoms with Crippen molar-refractivity contribution in [2.24, 2.45) is 0 Å². The van der Waals surface area contributed by atoms with E-state index in [4.69, 9.17) is 9.31 Å². The maximum absolute atomic E-state index is 6.41. The van der Waals surface area contributed by atoms with Crippen molar-refractivity contribution in [3.63, 3.8) is 0 Å². The smallest absolute Gasteiger partial charge is 0.399 e. The second kappa shape index (κ2) is 19.3. The van der Waals surface area contributed by atoms with Gasteiger partial charge >= 0.3 is 7.12 Å². The lowest BCUT2D eigenvalue weighted by Crippen LogP contribution is -2.41. The van der Waals surface area contributed by atoms with E-state index in [2.05, 4.69) is 311 Å². The molecule has 3 heterocycles. The molecule has 0 amide bonds. The van der Waals surface area contributed by atoms with Gasteiger partial charge in [0.2, 0.25) is 0 Å². The Labute approximate surface area is 518 Å². The van der Waals surface area contributed by atoms with E-state index in [0.717, 1.165) is 5.46 Å². The molecule has 0 bridgehead atoms. The van der Waals surface area contributed by atoms with Crippen molar-refractivity contribution in [3.05, 3.63) is 316 Å². The second-order valence-corrected chi connectivity index (χ2v) is 27.4. The van der Waals surface area contributed by atoms with E-state index in [1.165, 1.54) is 145 Å². The van der Waals surface area contributed by atoms with E-state index in [1.807, 2.05) is 22.7 Å². The van der Waals surface area contributed by atoms with E-state index in [0.29, 0.717) is 0 Å². The van der Waals surface area contributed by atoms with Crippen molar-refractivity contribution < 1.29 is 9.31 Å². The molecule has 1 fully saturated rings. The molecule has 0 saturated carbocycles. The number of rotatable bonds is 2. The zero-order chi connectivity index (χ0) is 57.7. The molecule has 0 unspecified atom stereocenters. The molecule has 2 spiro atoms. The first-order valence-corrected chi connectivity index (χ1v) is 32.2. The van der Waals surface area contributed by atoms with Gasteiger partial charge in [0.25, 0.3) is 0 Å². The SMILES string of the molecule is Brc1cccc2sc3ccccc3c12.CC1(C)OB(c2ccc3c(c2)-c2ccccc2C32c3ccccc3-c3ccccc32)OC1(C)C.c1ccc2c(c1)-c1ccccc1C21c2ccccc2-c2cc(-c3cccc4sc5ccccc5c34)ccc21. The third kappa shape index (κ3) is 7.26. The molecule has 2 nitrogen and oxygen atoms in total. The third-order valence-corrected chi connectivity index (χ3v) is 22.5. The minimum Gasteiger partial charge on any atom is -0.399 e. The highest BCUT2D eigenvalue weighted by atomic mass is 79.9. The van der Waals surface area contributed by atoms with Gasteiger partial charge in [0.05, 0.1) is 22.0 Å². The van der Waals surface area contributed by atoms with Crippen molar-refractivity contribution in [1.29, 1.82) is 0 Å². The molecule has 0 atom stereocenters. The standard InChI is InChI=1S/C37H22S.C31H27BO2.C12H7BrS/c1-5-15-30-25(10-1)26-11-2-6-16-31(26)37(30)32-17-7-3-12-27(32)29-22-23(20-21-33(29)37)24-14-9-19-35-36(24)28-13-4-8-18-34(28)38-35;1-29(2)30(3,4)34-32(33-29)20-17-18-28-24(19-20)23-13-7-10-16-27(23)31(28)25-14-8-5-11-21(25)22-12-6-9-15-26(22)31;13-9-5-3-7-11-12(9)8-4-1-2-6-10(8)14-11/h1-22H;5-19H,1-4H3;1-7H. The van der Waals surface area contributed by atoms with Gasteiger partial charge in [0.15, 0.2) is 0 Å². The maximum atomic E-state index is 6.41. The fraction of sp³-hybridized carbons (Fsp3) is 0.100. The predicted molar refractivity (Wildman–Crippen MR) is 367 cm³/mol. The van der Waals surface area contributed by atoms with Gasteiger partial charge in [-0.2, -0.15) is 0 Å². The van der Waals surface area contributed by atoms with Gasteiger partial charge in [0.1, 0.15) is 0 Å². The van der Waals surface area contributed by atoms with Gasteiger partial charge in [-0.3, -0.25) is 0 Å². The van der Waals surface area contributed by atoms with Crippen LogP contribution < -0.4 is 5.46 Å². The second-order valence-electron chi connectivity index (χ2n) is 24.4. The Kier molecular flexibility index (Phi) is 11.6. The van der Waals surface area contributed by atoms with E-state index in [9.17, 15) is 0 Å². The predicted octanol–water partition coefficient (Wildman–Crippen LogP) is 21.2. The van der Waals surface area contributed by atoms with Gasteiger partial charge in [0, 0.05) is 44.8 Å². The summed E-state index contributed by atoms with van der Waals surface area (Å²) in [5.41, 5.74) is 24.0. The Morgan fingerprint density at radius 2 is 0.640 bits per heavy atom. The quantitative estimate of drug-likeness (QED) is 0.161. The molecular weight excluding hydrogens is 1150 g/mol. The van der Waals surface area contributed by atoms with E-state index >= 15 is 0 Å². The molecule has 86 heavy (non-hydrogen) atoms. The third-order valence-electron chi connectivity index (χ3n) is 19.6. The van der Waals surface area contributed by atoms with Gasteiger partial charge in [-0.1, -0.05) is 246 Å². The molecule has 2 aromatic heterocycles. The van der Waals surface area contributed by atoms with Crippen molar-refractivity contribution in [2.75, 3.05) is 0 Å². The van der Waals surface area contributed by atoms with Crippen LogP contribution in [-0.4, -0.2) is 18.3 Å². The van der Waals surface area contributed by atoms with Crippen LogP contribution in [0.1, 0.15) is 72.2 Å². The minimum atomic E-state index is -0.373. The number of hydrogen-bond donors (Lipinski definition) is 0. The summed E-state index contributed by atoms with van der Waals surface area (Å²) in [6, 6.07) is 98.2. The number of thiophene rings is 2. The summed E-state index contributed by atoms with van der Waals surface area (Å²) in [7, 11) is -0.373. The fourth-order valence-electron chi connectivity index (χ4n) is 15.3. The van der Waals surface area contributed by atoms with Crippen LogP contribution >= 0.6 is 38.6 Å².